The molecule has 164 valence electrons. The molecule has 0 spiro atoms. The van der Waals surface area contributed by atoms with Gasteiger partial charge in [0.25, 0.3) is 0 Å². The van der Waals surface area contributed by atoms with Crippen molar-refractivity contribution in [3.63, 3.8) is 0 Å². The largest absolute Gasteiger partial charge is 0.497 e. The summed E-state index contributed by atoms with van der Waals surface area (Å²) in [6, 6.07) is 25.8. The van der Waals surface area contributed by atoms with E-state index in [4.69, 9.17) is 4.74 Å². The van der Waals surface area contributed by atoms with Gasteiger partial charge in [0.15, 0.2) is 0 Å². The van der Waals surface area contributed by atoms with Crippen LogP contribution in [0.4, 0.5) is 5.69 Å². The van der Waals surface area contributed by atoms with Crippen molar-refractivity contribution in [1.29, 1.82) is 0 Å². The molecule has 0 fully saturated rings. The van der Waals surface area contributed by atoms with E-state index in [2.05, 4.69) is 20.9 Å². The van der Waals surface area contributed by atoms with Gasteiger partial charge < -0.3 is 10.1 Å². The maximum atomic E-state index is 12.1. The number of amides is 2. The number of benzene rings is 3. The van der Waals surface area contributed by atoms with Crippen molar-refractivity contribution in [3.8, 4) is 22.7 Å². The summed E-state index contributed by atoms with van der Waals surface area (Å²) in [6.45, 7) is 0. The van der Waals surface area contributed by atoms with Crippen LogP contribution in [0.15, 0.2) is 96.2 Å². The zero-order valence-electron chi connectivity index (χ0n) is 17.8. The number of ether oxygens (including phenoxy) is 1. The second-order valence-corrected chi connectivity index (χ2v) is 6.96. The highest BCUT2D eigenvalue weighted by Gasteiger charge is 2.14. The Kier molecular flexibility index (Phi) is 6.56. The molecule has 2 amide bonds. The maximum absolute atomic E-state index is 12.1. The van der Waals surface area contributed by atoms with Crippen molar-refractivity contribution in [2.45, 2.75) is 0 Å². The van der Waals surface area contributed by atoms with Gasteiger partial charge in [-0.25, -0.2) is 10.1 Å². The van der Waals surface area contributed by atoms with Gasteiger partial charge in [-0.2, -0.15) is 10.2 Å². The normalized spacial score (nSPS) is 10.7. The molecule has 0 bridgehead atoms. The molecule has 33 heavy (non-hydrogen) atoms. The Morgan fingerprint density at radius 2 is 1.58 bits per heavy atom. The molecule has 0 saturated carbocycles. The summed E-state index contributed by atoms with van der Waals surface area (Å²) in [6.07, 6.45) is 3.26. The van der Waals surface area contributed by atoms with Crippen LogP contribution in [0.5, 0.6) is 5.75 Å². The van der Waals surface area contributed by atoms with Crippen LogP contribution in [0.3, 0.4) is 0 Å². The van der Waals surface area contributed by atoms with Gasteiger partial charge in [0.2, 0.25) is 0 Å². The topological polar surface area (TPSA) is 97.6 Å². The molecule has 0 saturated heterocycles. The predicted molar refractivity (Wildman–Crippen MR) is 126 cm³/mol. The van der Waals surface area contributed by atoms with Crippen LogP contribution in [0, 0.1) is 0 Å². The lowest BCUT2D eigenvalue weighted by atomic mass is 10.1. The minimum absolute atomic E-state index is 0.521. The SMILES string of the molecule is COc1ccc(-c2nn(-c3ccccc3)cc2/C=N/NC(=O)C(=O)Nc2ccccc2)cc1. The standard InChI is InChI=1S/C25H21N5O3/c1-33-22-14-12-18(13-15-22)23-19(17-30(29-23)21-10-6-3-7-11-21)16-26-28-25(32)24(31)27-20-8-4-2-5-9-20/h2-17H,1H3,(H,27,31)(H,28,32)/b26-16+. The number of rotatable bonds is 6. The fourth-order valence-corrected chi connectivity index (χ4v) is 3.09. The molecule has 0 atom stereocenters. The number of hydrogen-bond donors (Lipinski definition) is 2. The van der Waals surface area contributed by atoms with Crippen LogP contribution >= 0.6 is 0 Å². The highest BCUT2D eigenvalue weighted by atomic mass is 16.5. The van der Waals surface area contributed by atoms with Crippen molar-refractivity contribution in [2.24, 2.45) is 5.10 Å². The number of nitrogens with one attached hydrogen (secondary N) is 2. The predicted octanol–water partition coefficient (Wildman–Crippen LogP) is 3.64. The fourth-order valence-electron chi connectivity index (χ4n) is 3.09. The number of hydrazone groups is 1. The fraction of sp³-hybridized carbons (Fsp3) is 0.0400. The summed E-state index contributed by atoms with van der Waals surface area (Å²) in [5.41, 5.74) is 5.82. The van der Waals surface area contributed by atoms with Crippen LogP contribution in [-0.2, 0) is 9.59 Å². The third-order valence-electron chi connectivity index (χ3n) is 4.73. The van der Waals surface area contributed by atoms with E-state index in [9.17, 15) is 9.59 Å². The second kappa shape index (κ2) is 10.1. The third kappa shape index (κ3) is 5.31. The zero-order chi connectivity index (χ0) is 23.0. The molecule has 2 N–H and O–H groups in total. The summed E-state index contributed by atoms with van der Waals surface area (Å²) in [4.78, 5) is 24.2. The molecule has 3 aromatic carbocycles. The van der Waals surface area contributed by atoms with Gasteiger partial charge in [-0.15, -0.1) is 0 Å². The van der Waals surface area contributed by atoms with Crippen molar-refractivity contribution in [2.75, 3.05) is 12.4 Å². The molecule has 4 aromatic rings. The highest BCUT2D eigenvalue weighted by Crippen LogP contribution is 2.25. The first-order valence-electron chi connectivity index (χ1n) is 10.1. The van der Waals surface area contributed by atoms with Gasteiger partial charge in [0, 0.05) is 23.0 Å². The Hall–Kier alpha value is -4.72. The molecule has 8 nitrogen and oxygen atoms in total. The highest BCUT2D eigenvalue weighted by molar-refractivity contribution is 6.39. The lowest BCUT2D eigenvalue weighted by Gasteiger charge is -2.03. The minimum Gasteiger partial charge on any atom is -0.497 e. The molecule has 0 unspecified atom stereocenters. The molecule has 0 aliphatic rings. The maximum Gasteiger partial charge on any atom is 0.329 e. The summed E-state index contributed by atoms with van der Waals surface area (Å²) >= 11 is 0. The van der Waals surface area contributed by atoms with Crippen molar-refractivity contribution in [3.05, 3.63) is 96.7 Å². The first-order valence-corrected chi connectivity index (χ1v) is 10.1. The molecular weight excluding hydrogens is 418 g/mol. The van der Waals surface area contributed by atoms with E-state index in [1.54, 1.807) is 42.3 Å². The summed E-state index contributed by atoms with van der Waals surface area (Å²) in [5.74, 6) is -0.960. The number of anilines is 1. The number of para-hydroxylation sites is 2. The minimum atomic E-state index is -0.878. The lowest BCUT2D eigenvalue weighted by Crippen LogP contribution is -2.32. The monoisotopic (exact) mass is 439 g/mol. The van der Waals surface area contributed by atoms with Crippen LogP contribution in [0.1, 0.15) is 5.56 Å². The molecule has 1 heterocycles. The number of nitrogens with zero attached hydrogens (tertiary/aromatic N) is 3. The smallest absolute Gasteiger partial charge is 0.329 e. The van der Waals surface area contributed by atoms with Crippen LogP contribution in [-0.4, -0.2) is 34.9 Å². The number of aromatic nitrogens is 2. The van der Waals surface area contributed by atoms with E-state index in [1.165, 1.54) is 6.21 Å². The molecule has 4 rings (SSSR count). The van der Waals surface area contributed by atoms with Gasteiger partial charge >= 0.3 is 11.8 Å². The van der Waals surface area contributed by atoms with Crippen LogP contribution in [0.2, 0.25) is 0 Å². The first-order chi connectivity index (χ1) is 16.1. The van der Waals surface area contributed by atoms with E-state index in [-0.39, 0.29) is 0 Å². The van der Waals surface area contributed by atoms with Crippen molar-refractivity contribution >= 4 is 23.7 Å². The number of carbonyl (C=O) groups is 2. The first kappa shape index (κ1) is 21.5. The van der Waals surface area contributed by atoms with Gasteiger partial charge in [-0.1, -0.05) is 36.4 Å². The van der Waals surface area contributed by atoms with E-state index in [1.807, 2.05) is 60.7 Å². The summed E-state index contributed by atoms with van der Waals surface area (Å²) < 4.78 is 6.96. The molecule has 0 aliphatic heterocycles. The Morgan fingerprint density at radius 3 is 2.24 bits per heavy atom. The molecular formula is C25H21N5O3. The quantitative estimate of drug-likeness (QED) is 0.272. The van der Waals surface area contributed by atoms with Gasteiger partial charge in [0.1, 0.15) is 11.4 Å². The van der Waals surface area contributed by atoms with Gasteiger partial charge in [0.05, 0.1) is 19.0 Å². The summed E-state index contributed by atoms with van der Waals surface area (Å²) in [5, 5.41) is 11.2. The zero-order valence-corrected chi connectivity index (χ0v) is 17.8. The molecule has 0 radical (unpaired) electrons. The number of carbonyl (C=O) groups excluding carboxylic acids is 2. The number of hydrogen-bond acceptors (Lipinski definition) is 5. The Bertz CT molecular complexity index is 1270. The van der Waals surface area contributed by atoms with E-state index < -0.39 is 11.8 Å². The second-order valence-electron chi connectivity index (χ2n) is 6.96. The van der Waals surface area contributed by atoms with E-state index in [0.29, 0.717) is 16.9 Å². The van der Waals surface area contributed by atoms with E-state index >= 15 is 0 Å². The lowest BCUT2D eigenvalue weighted by molar-refractivity contribution is -0.136. The van der Waals surface area contributed by atoms with Crippen molar-refractivity contribution < 1.29 is 14.3 Å². The van der Waals surface area contributed by atoms with Gasteiger partial charge in [-0.3, -0.25) is 9.59 Å². The number of methoxy groups -OCH3 is 1. The average molecular weight is 439 g/mol. The van der Waals surface area contributed by atoms with Crippen molar-refractivity contribution in [1.82, 2.24) is 15.2 Å². The van der Waals surface area contributed by atoms with Crippen LogP contribution < -0.4 is 15.5 Å². The third-order valence-corrected chi connectivity index (χ3v) is 4.73. The van der Waals surface area contributed by atoms with Gasteiger partial charge in [-0.05, 0) is 48.5 Å². The molecule has 8 heteroatoms. The molecule has 0 aliphatic carbocycles. The Morgan fingerprint density at radius 1 is 0.909 bits per heavy atom. The Labute approximate surface area is 190 Å². The molecule has 1 aromatic heterocycles. The van der Waals surface area contributed by atoms with E-state index in [0.717, 1.165) is 17.0 Å². The summed E-state index contributed by atoms with van der Waals surface area (Å²) in [7, 11) is 1.61. The Balaban J connectivity index is 1.55. The van der Waals surface area contributed by atoms with Crippen LogP contribution in [0.25, 0.3) is 16.9 Å². The average Bonchev–Trinajstić information content (AvgIpc) is 3.29.